The summed E-state index contributed by atoms with van der Waals surface area (Å²) < 4.78 is 5.77. The van der Waals surface area contributed by atoms with Crippen LogP contribution in [0.4, 0.5) is 0 Å². The lowest BCUT2D eigenvalue weighted by molar-refractivity contribution is 0.224. The number of benzene rings is 1. The van der Waals surface area contributed by atoms with Crippen LogP contribution in [0.3, 0.4) is 0 Å². The van der Waals surface area contributed by atoms with Gasteiger partial charge in [-0.3, -0.25) is 4.90 Å². The molecule has 1 atom stereocenters. The summed E-state index contributed by atoms with van der Waals surface area (Å²) in [7, 11) is 0. The summed E-state index contributed by atoms with van der Waals surface area (Å²) in [5, 5.41) is 3.54. The number of hydrogen-bond donors (Lipinski definition) is 1. The van der Waals surface area contributed by atoms with Gasteiger partial charge < -0.3 is 10.1 Å². The molecule has 1 heterocycles. The molecule has 1 N–H and O–H groups in total. The Labute approximate surface area is 110 Å². The SMILES string of the molecule is CCC(C)NCCN1CCOc2ccccc2C1. The maximum atomic E-state index is 5.77. The first-order chi connectivity index (χ1) is 8.79. The first-order valence-corrected chi connectivity index (χ1v) is 6.96. The van der Waals surface area contributed by atoms with E-state index in [1.807, 2.05) is 6.07 Å². The van der Waals surface area contributed by atoms with Crippen LogP contribution in [0.25, 0.3) is 0 Å². The summed E-state index contributed by atoms with van der Waals surface area (Å²) in [6.07, 6.45) is 1.19. The Hall–Kier alpha value is -1.06. The maximum Gasteiger partial charge on any atom is 0.123 e. The van der Waals surface area contributed by atoms with Gasteiger partial charge in [-0.1, -0.05) is 25.1 Å². The average Bonchev–Trinajstić information content (AvgIpc) is 2.60. The molecule has 0 aliphatic carbocycles. The highest BCUT2D eigenvalue weighted by Crippen LogP contribution is 2.21. The van der Waals surface area contributed by atoms with Gasteiger partial charge >= 0.3 is 0 Å². The molecular weight excluding hydrogens is 224 g/mol. The van der Waals surface area contributed by atoms with Gasteiger partial charge in [-0.2, -0.15) is 0 Å². The molecule has 18 heavy (non-hydrogen) atoms. The quantitative estimate of drug-likeness (QED) is 0.865. The fourth-order valence-corrected chi connectivity index (χ4v) is 2.18. The molecule has 3 nitrogen and oxygen atoms in total. The zero-order valence-corrected chi connectivity index (χ0v) is 11.5. The Morgan fingerprint density at radius 3 is 3.06 bits per heavy atom. The molecule has 0 amide bonds. The summed E-state index contributed by atoms with van der Waals surface area (Å²) in [5.41, 5.74) is 1.30. The Balaban J connectivity index is 1.84. The third-order valence-electron chi connectivity index (χ3n) is 3.56. The molecule has 2 rings (SSSR count). The van der Waals surface area contributed by atoms with Gasteiger partial charge in [0.25, 0.3) is 0 Å². The van der Waals surface area contributed by atoms with Crippen molar-refractivity contribution in [1.82, 2.24) is 10.2 Å². The number of nitrogens with one attached hydrogen (secondary N) is 1. The van der Waals surface area contributed by atoms with E-state index in [0.717, 1.165) is 38.5 Å². The average molecular weight is 248 g/mol. The number of para-hydroxylation sites is 1. The number of fused-ring (bicyclic) bond motifs is 1. The van der Waals surface area contributed by atoms with Crippen LogP contribution < -0.4 is 10.1 Å². The molecular formula is C15H24N2O. The van der Waals surface area contributed by atoms with Gasteiger partial charge in [0.15, 0.2) is 0 Å². The predicted molar refractivity (Wildman–Crippen MR) is 75.0 cm³/mol. The van der Waals surface area contributed by atoms with Crippen molar-refractivity contribution in [3.8, 4) is 5.75 Å². The topological polar surface area (TPSA) is 24.5 Å². The van der Waals surface area contributed by atoms with E-state index in [2.05, 4.69) is 42.3 Å². The summed E-state index contributed by atoms with van der Waals surface area (Å²) in [5.74, 6) is 1.05. The lowest BCUT2D eigenvalue weighted by Gasteiger charge is -2.20. The predicted octanol–water partition coefficient (Wildman–Crippen LogP) is 2.27. The largest absolute Gasteiger partial charge is 0.492 e. The third-order valence-corrected chi connectivity index (χ3v) is 3.56. The van der Waals surface area contributed by atoms with Gasteiger partial charge in [-0.25, -0.2) is 0 Å². The highest BCUT2D eigenvalue weighted by Gasteiger charge is 2.14. The van der Waals surface area contributed by atoms with Crippen LogP contribution in [0.5, 0.6) is 5.75 Å². The molecule has 100 valence electrons. The minimum absolute atomic E-state index is 0.612. The zero-order chi connectivity index (χ0) is 12.8. The van der Waals surface area contributed by atoms with E-state index in [1.165, 1.54) is 12.0 Å². The van der Waals surface area contributed by atoms with Crippen LogP contribution >= 0.6 is 0 Å². The van der Waals surface area contributed by atoms with Gasteiger partial charge in [0.2, 0.25) is 0 Å². The van der Waals surface area contributed by atoms with Crippen molar-refractivity contribution in [2.24, 2.45) is 0 Å². The van der Waals surface area contributed by atoms with Crippen molar-refractivity contribution < 1.29 is 4.74 Å². The molecule has 0 spiro atoms. The fourth-order valence-electron chi connectivity index (χ4n) is 2.18. The molecule has 3 heteroatoms. The molecule has 0 saturated heterocycles. The highest BCUT2D eigenvalue weighted by molar-refractivity contribution is 5.33. The maximum absolute atomic E-state index is 5.77. The van der Waals surface area contributed by atoms with Crippen LogP contribution in [0.1, 0.15) is 25.8 Å². The van der Waals surface area contributed by atoms with Gasteiger partial charge in [0.05, 0.1) is 0 Å². The number of nitrogens with zero attached hydrogens (tertiary/aromatic N) is 1. The monoisotopic (exact) mass is 248 g/mol. The Morgan fingerprint density at radius 1 is 1.39 bits per heavy atom. The number of ether oxygens (including phenoxy) is 1. The minimum atomic E-state index is 0.612. The second-order valence-corrected chi connectivity index (χ2v) is 5.00. The van der Waals surface area contributed by atoms with E-state index in [1.54, 1.807) is 0 Å². The molecule has 0 fully saturated rings. The van der Waals surface area contributed by atoms with E-state index in [-0.39, 0.29) is 0 Å². The lowest BCUT2D eigenvalue weighted by Crippen LogP contribution is -2.36. The van der Waals surface area contributed by atoms with E-state index in [0.29, 0.717) is 6.04 Å². The molecule has 0 aromatic heterocycles. The molecule has 1 aliphatic heterocycles. The summed E-state index contributed by atoms with van der Waals surface area (Å²) in [6, 6.07) is 8.97. The first-order valence-electron chi connectivity index (χ1n) is 6.96. The molecule has 0 saturated carbocycles. The molecule has 1 aromatic rings. The van der Waals surface area contributed by atoms with Crippen molar-refractivity contribution in [3.05, 3.63) is 29.8 Å². The Morgan fingerprint density at radius 2 is 2.22 bits per heavy atom. The van der Waals surface area contributed by atoms with E-state index >= 15 is 0 Å². The van der Waals surface area contributed by atoms with Crippen LogP contribution in [-0.4, -0.2) is 37.2 Å². The van der Waals surface area contributed by atoms with E-state index < -0.39 is 0 Å². The summed E-state index contributed by atoms with van der Waals surface area (Å²) in [4.78, 5) is 2.46. The zero-order valence-electron chi connectivity index (χ0n) is 11.5. The first kappa shape index (κ1) is 13.4. The van der Waals surface area contributed by atoms with Crippen LogP contribution in [-0.2, 0) is 6.54 Å². The second-order valence-electron chi connectivity index (χ2n) is 5.00. The highest BCUT2D eigenvalue weighted by atomic mass is 16.5. The van der Waals surface area contributed by atoms with Crippen LogP contribution in [0.15, 0.2) is 24.3 Å². The Kier molecular flexibility index (Phi) is 5.02. The standard InChI is InChI=1S/C15H24N2O/c1-3-13(2)16-8-9-17-10-11-18-15-7-5-4-6-14(15)12-17/h4-7,13,16H,3,8-12H2,1-2H3. The number of hydrogen-bond acceptors (Lipinski definition) is 3. The van der Waals surface area contributed by atoms with E-state index in [9.17, 15) is 0 Å². The molecule has 1 unspecified atom stereocenters. The third kappa shape index (κ3) is 3.72. The van der Waals surface area contributed by atoms with Crippen molar-refractivity contribution in [2.75, 3.05) is 26.2 Å². The van der Waals surface area contributed by atoms with Crippen LogP contribution in [0, 0.1) is 0 Å². The minimum Gasteiger partial charge on any atom is -0.492 e. The van der Waals surface area contributed by atoms with Gasteiger partial charge in [0.1, 0.15) is 12.4 Å². The normalized spacial score (nSPS) is 17.7. The molecule has 1 aromatic carbocycles. The van der Waals surface area contributed by atoms with Gasteiger partial charge in [-0.15, -0.1) is 0 Å². The van der Waals surface area contributed by atoms with E-state index in [4.69, 9.17) is 4.74 Å². The van der Waals surface area contributed by atoms with Crippen molar-refractivity contribution in [2.45, 2.75) is 32.9 Å². The molecule has 1 aliphatic rings. The summed E-state index contributed by atoms with van der Waals surface area (Å²) in [6.45, 7) is 9.39. The molecule has 0 radical (unpaired) electrons. The second kappa shape index (κ2) is 6.76. The summed E-state index contributed by atoms with van der Waals surface area (Å²) >= 11 is 0. The smallest absolute Gasteiger partial charge is 0.123 e. The number of rotatable bonds is 5. The van der Waals surface area contributed by atoms with Gasteiger partial charge in [0, 0.05) is 37.8 Å². The van der Waals surface area contributed by atoms with Gasteiger partial charge in [-0.05, 0) is 19.4 Å². The van der Waals surface area contributed by atoms with Crippen molar-refractivity contribution in [3.63, 3.8) is 0 Å². The Bertz CT molecular complexity index is 367. The fraction of sp³-hybridized carbons (Fsp3) is 0.600. The van der Waals surface area contributed by atoms with Crippen LogP contribution in [0.2, 0.25) is 0 Å². The lowest BCUT2D eigenvalue weighted by atomic mass is 10.2. The molecule has 0 bridgehead atoms. The van der Waals surface area contributed by atoms with Crippen molar-refractivity contribution >= 4 is 0 Å². The van der Waals surface area contributed by atoms with Crippen molar-refractivity contribution in [1.29, 1.82) is 0 Å².